The van der Waals surface area contributed by atoms with Gasteiger partial charge in [-0.1, -0.05) is 0 Å². The summed E-state index contributed by atoms with van der Waals surface area (Å²) in [6.07, 6.45) is 1.72. The summed E-state index contributed by atoms with van der Waals surface area (Å²) in [7, 11) is 1.64. The van der Waals surface area contributed by atoms with Gasteiger partial charge in [0, 0.05) is 0 Å². The van der Waals surface area contributed by atoms with Crippen molar-refractivity contribution in [3.63, 3.8) is 0 Å². The molecule has 0 amide bonds. The van der Waals surface area contributed by atoms with E-state index >= 15 is 0 Å². The number of nitrogens with zero attached hydrogens (tertiary/aromatic N) is 1. The van der Waals surface area contributed by atoms with Gasteiger partial charge < -0.3 is 4.74 Å². The summed E-state index contributed by atoms with van der Waals surface area (Å²) in [5.41, 5.74) is 1.15. The van der Waals surface area contributed by atoms with Gasteiger partial charge in [-0.25, -0.2) is 4.98 Å². The lowest BCUT2D eigenvalue weighted by molar-refractivity contribution is 0.412. The molecule has 0 fully saturated rings. The lowest BCUT2D eigenvalue weighted by atomic mass is 10.3. The molecular weight excluding hydrogens is 241 g/mol. The van der Waals surface area contributed by atoms with E-state index in [0.717, 1.165) is 15.0 Å². The fourth-order valence-corrected chi connectivity index (χ4v) is 0.939. The van der Waals surface area contributed by atoms with Crippen LogP contribution in [0.5, 0.6) is 5.75 Å². The number of methoxy groups -OCH3 is 1. The average Bonchev–Trinajstić information content (AvgIpc) is 1.95. The third kappa shape index (κ3) is 1.59. The molecule has 1 aromatic rings. The first-order valence-electron chi connectivity index (χ1n) is 2.90. The van der Waals surface area contributed by atoms with Crippen molar-refractivity contribution in [2.75, 3.05) is 7.11 Å². The summed E-state index contributed by atoms with van der Waals surface area (Å²) in [5, 5.41) is 0. The standard InChI is InChI=1S/C7H8INO/c1-5-3-6(10-2)4-9-7(5)8/h3-4H,1-2H3. The topological polar surface area (TPSA) is 22.1 Å². The van der Waals surface area contributed by atoms with Crippen LogP contribution in [0.1, 0.15) is 5.56 Å². The molecule has 0 aromatic carbocycles. The Hall–Kier alpha value is -0.320. The Balaban J connectivity index is 3.04. The minimum absolute atomic E-state index is 0.818. The molecule has 1 aromatic heterocycles. The van der Waals surface area contributed by atoms with Gasteiger partial charge >= 0.3 is 0 Å². The van der Waals surface area contributed by atoms with E-state index in [0.29, 0.717) is 0 Å². The zero-order valence-electron chi connectivity index (χ0n) is 5.89. The molecule has 0 saturated heterocycles. The Bertz CT molecular complexity index is 237. The van der Waals surface area contributed by atoms with Crippen LogP contribution in [0.3, 0.4) is 0 Å². The Morgan fingerprint density at radius 3 is 2.80 bits per heavy atom. The third-order valence-electron chi connectivity index (χ3n) is 1.23. The maximum atomic E-state index is 4.98. The van der Waals surface area contributed by atoms with Crippen molar-refractivity contribution in [3.05, 3.63) is 21.5 Å². The van der Waals surface area contributed by atoms with Crippen molar-refractivity contribution >= 4 is 22.6 Å². The highest BCUT2D eigenvalue weighted by atomic mass is 127. The van der Waals surface area contributed by atoms with E-state index in [1.54, 1.807) is 13.3 Å². The molecule has 54 valence electrons. The molecule has 0 aliphatic carbocycles. The molecule has 0 unspecified atom stereocenters. The molecule has 0 atom stereocenters. The van der Waals surface area contributed by atoms with Crippen molar-refractivity contribution in [2.24, 2.45) is 0 Å². The van der Waals surface area contributed by atoms with Gasteiger partial charge in [-0.15, -0.1) is 0 Å². The van der Waals surface area contributed by atoms with E-state index in [1.165, 1.54) is 0 Å². The van der Waals surface area contributed by atoms with Gasteiger partial charge in [-0.2, -0.15) is 0 Å². The summed E-state index contributed by atoms with van der Waals surface area (Å²) < 4.78 is 6.01. The molecule has 1 rings (SSSR count). The average molecular weight is 249 g/mol. The molecular formula is C7H8INO. The number of aromatic nitrogens is 1. The highest BCUT2D eigenvalue weighted by Crippen LogP contribution is 2.14. The van der Waals surface area contributed by atoms with Crippen LogP contribution in [0, 0.1) is 10.6 Å². The van der Waals surface area contributed by atoms with Crippen molar-refractivity contribution in [1.29, 1.82) is 0 Å². The maximum absolute atomic E-state index is 4.98. The Morgan fingerprint density at radius 2 is 2.30 bits per heavy atom. The SMILES string of the molecule is COc1cnc(I)c(C)c1. The molecule has 3 heteroatoms. The van der Waals surface area contributed by atoms with Crippen LogP contribution in [0.4, 0.5) is 0 Å². The zero-order chi connectivity index (χ0) is 7.56. The summed E-state index contributed by atoms with van der Waals surface area (Å²) in [6, 6.07) is 1.97. The summed E-state index contributed by atoms with van der Waals surface area (Å²) in [5.74, 6) is 0.818. The molecule has 1 heterocycles. The second kappa shape index (κ2) is 3.18. The van der Waals surface area contributed by atoms with Crippen LogP contribution in [0.2, 0.25) is 0 Å². The number of ether oxygens (including phenoxy) is 1. The molecule has 0 saturated carbocycles. The summed E-state index contributed by atoms with van der Waals surface area (Å²) in [6.45, 7) is 2.01. The van der Waals surface area contributed by atoms with Gasteiger partial charge in [0.15, 0.2) is 0 Å². The van der Waals surface area contributed by atoms with Crippen molar-refractivity contribution in [3.8, 4) is 5.75 Å². The van der Waals surface area contributed by atoms with Crippen molar-refractivity contribution in [1.82, 2.24) is 4.98 Å². The fraction of sp³-hybridized carbons (Fsp3) is 0.286. The Kier molecular flexibility index (Phi) is 2.48. The number of rotatable bonds is 1. The van der Waals surface area contributed by atoms with Crippen LogP contribution in [-0.4, -0.2) is 12.1 Å². The highest BCUT2D eigenvalue weighted by molar-refractivity contribution is 14.1. The largest absolute Gasteiger partial charge is 0.495 e. The first-order chi connectivity index (χ1) is 4.74. The second-order valence-electron chi connectivity index (χ2n) is 1.98. The monoisotopic (exact) mass is 249 g/mol. The number of hydrogen-bond donors (Lipinski definition) is 0. The highest BCUT2D eigenvalue weighted by Gasteiger charge is 1.96. The molecule has 2 nitrogen and oxygen atoms in total. The summed E-state index contributed by atoms with van der Waals surface area (Å²) in [4.78, 5) is 4.11. The molecule has 0 aliphatic heterocycles. The van der Waals surface area contributed by atoms with Gasteiger partial charge in [-0.3, -0.25) is 0 Å². The first kappa shape index (κ1) is 7.78. The number of halogens is 1. The van der Waals surface area contributed by atoms with Crippen LogP contribution in [-0.2, 0) is 0 Å². The van der Waals surface area contributed by atoms with Gasteiger partial charge in [-0.05, 0) is 41.1 Å². The molecule has 0 bridgehead atoms. The predicted molar refractivity (Wildman–Crippen MR) is 48.2 cm³/mol. The van der Waals surface area contributed by atoms with E-state index in [2.05, 4.69) is 27.6 Å². The smallest absolute Gasteiger partial charge is 0.137 e. The third-order valence-corrected chi connectivity index (χ3v) is 2.35. The lowest BCUT2D eigenvalue weighted by Gasteiger charge is -2.00. The fourth-order valence-electron chi connectivity index (χ4n) is 0.644. The quantitative estimate of drug-likeness (QED) is 0.561. The lowest BCUT2D eigenvalue weighted by Crippen LogP contribution is -1.88. The van der Waals surface area contributed by atoms with Crippen molar-refractivity contribution in [2.45, 2.75) is 6.92 Å². The molecule has 0 aliphatic rings. The van der Waals surface area contributed by atoms with Crippen molar-refractivity contribution < 1.29 is 4.74 Å². The number of aryl methyl sites for hydroxylation is 1. The zero-order valence-corrected chi connectivity index (χ0v) is 8.05. The van der Waals surface area contributed by atoms with Gasteiger partial charge in [0.2, 0.25) is 0 Å². The number of hydrogen-bond acceptors (Lipinski definition) is 2. The van der Waals surface area contributed by atoms with Crippen LogP contribution >= 0.6 is 22.6 Å². The Morgan fingerprint density at radius 1 is 1.60 bits per heavy atom. The van der Waals surface area contributed by atoms with Crippen LogP contribution < -0.4 is 4.74 Å². The first-order valence-corrected chi connectivity index (χ1v) is 3.98. The van der Waals surface area contributed by atoms with E-state index in [1.807, 2.05) is 13.0 Å². The van der Waals surface area contributed by atoms with Gasteiger partial charge in [0.25, 0.3) is 0 Å². The van der Waals surface area contributed by atoms with E-state index in [4.69, 9.17) is 4.74 Å². The van der Waals surface area contributed by atoms with E-state index in [9.17, 15) is 0 Å². The molecule has 0 spiro atoms. The Labute approximate surface area is 73.8 Å². The number of pyridine rings is 1. The normalized spacial score (nSPS) is 9.50. The molecule has 0 radical (unpaired) electrons. The van der Waals surface area contributed by atoms with Gasteiger partial charge in [0.05, 0.1) is 13.3 Å². The van der Waals surface area contributed by atoms with E-state index in [-0.39, 0.29) is 0 Å². The molecule has 0 N–H and O–H groups in total. The summed E-state index contributed by atoms with van der Waals surface area (Å²) >= 11 is 2.19. The molecule has 10 heavy (non-hydrogen) atoms. The van der Waals surface area contributed by atoms with Crippen LogP contribution in [0.25, 0.3) is 0 Å². The van der Waals surface area contributed by atoms with Crippen LogP contribution in [0.15, 0.2) is 12.3 Å². The van der Waals surface area contributed by atoms with E-state index < -0.39 is 0 Å². The maximum Gasteiger partial charge on any atom is 0.137 e. The second-order valence-corrected chi connectivity index (χ2v) is 3.00. The minimum Gasteiger partial charge on any atom is -0.495 e. The minimum atomic E-state index is 0.818. The predicted octanol–water partition coefficient (Wildman–Crippen LogP) is 2.00. The van der Waals surface area contributed by atoms with Gasteiger partial charge in [0.1, 0.15) is 9.45 Å².